The molecule has 4 nitrogen and oxygen atoms in total. The van der Waals surface area contributed by atoms with Gasteiger partial charge >= 0.3 is 0 Å². The van der Waals surface area contributed by atoms with E-state index in [1.165, 1.54) is 0 Å². The number of nitrogens with zero attached hydrogens (tertiary/aromatic N) is 1. The number of nitrogens with one attached hydrogen (secondary N) is 1. The largest absolute Gasteiger partial charge is 0.380 e. The third kappa shape index (κ3) is 3.44. The summed E-state index contributed by atoms with van der Waals surface area (Å²) in [5.41, 5.74) is 1.85. The molecule has 1 aromatic carbocycles. The molecule has 0 atom stereocenters. The Balaban J connectivity index is 3.02. The Morgan fingerprint density at radius 1 is 1.29 bits per heavy atom. The van der Waals surface area contributed by atoms with Crippen LogP contribution in [0.2, 0.25) is 0 Å². The van der Waals surface area contributed by atoms with Crippen molar-refractivity contribution < 1.29 is 4.92 Å². The van der Waals surface area contributed by atoms with Gasteiger partial charge in [-0.25, -0.2) is 0 Å². The molecule has 0 saturated carbocycles. The van der Waals surface area contributed by atoms with Crippen LogP contribution in [0.15, 0.2) is 18.2 Å². The Bertz CT molecular complexity index is 412. The highest BCUT2D eigenvalue weighted by Crippen LogP contribution is 2.26. The molecule has 0 aliphatic carbocycles. The Hall–Kier alpha value is -1.58. The molecule has 94 valence electrons. The molecular weight excluding hydrogens is 216 g/mol. The third-order valence-electron chi connectivity index (χ3n) is 3.28. The lowest BCUT2D eigenvalue weighted by atomic mass is 9.95. The fraction of sp³-hybridized carbons (Fsp3) is 0.538. The zero-order chi connectivity index (χ0) is 13.1. The molecule has 0 aliphatic heterocycles. The van der Waals surface area contributed by atoms with E-state index in [-0.39, 0.29) is 16.1 Å². The van der Waals surface area contributed by atoms with Crippen molar-refractivity contribution in [2.45, 2.75) is 46.1 Å². The summed E-state index contributed by atoms with van der Waals surface area (Å²) in [6, 6.07) is 5.12. The van der Waals surface area contributed by atoms with Crippen molar-refractivity contribution in [3.63, 3.8) is 0 Å². The molecule has 0 aromatic heterocycles. The van der Waals surface area contributed by atoms with Crippen molar-refractivity contribution in [2.75, 3.05) is 5.32 Å². The van der Waals surface area contributed by atoms with E-state index in [9.17, 15) is 10.1 Å². The Morgan fingerprint density at radius 3 is 2.35 bits per heavy atom. The van der Waals surface area contributed by atoms with E-state index >= 15 is 0 Å². The minimum Gasteiger partial charge on any atom is -0.380 e. The molecule has 0 amide bonds. The molecule has 0 saturated heterocycles. The van der Waals surface area contributed by atoms with Gasteiger partial charge in [-0.2, -0.15) is 0 Å². The number of benzene rings is 1. The summed E-state index contributed by atoms with van der Waals surface area (Å²) in [6.07, 6.45) is 1.95. The maximum atomic E-state index is 10.8. The second-order valence-corrected chi connectivity index (χ2v) is 4.71. The Morgan fingerprint density at radius 2 is 1.88 bits per heavy atom. The zero-order valence-corrected chi connectivity index (χ0v) is 10.9. The van der Waals surface area contributed by atoms with Gasteiger partial charge in [0, 0.05) is 23.4 Å². The highest BCUT2D eigenvalue weighted by molar-refractivity contribution is 5.55. The van der Waals surface area contributed by atoms with Crippen LogP contribution >= 0.6 is 0 Å². The molecule has 0 fully saturated rings. The van der Waals surface area contributed by atoms with Gasteiger partial charge in [0.2, 0.25) is 0 Å². The average molecular weight is 236 g/mol. The number of nitro groups is 1. The number of hydrogen-bond acceptors (Lipinski definition) is 3. The third-order valence-corrected chi connectivity index (χ3v) is 3.28. The van der Waals surface area contributed by atoms with Crippen LogP contribution in [-0.2, 0) is 0 Å². The van der Waals surface area contributed by atoms with Crippen LogP contribution < -0.4 is 5.32 Å². The summed E-state index contributed by atoms with van der Waals surface area (Å²) in [7, 11) is 0. The van der Waals surface area contributed by atoms with Gasteiger partial charge in [0.15, 0.2) is 0 Å². The summed E-state index contributed by atoms with van der Waals surface area (Å²) in [6.45, 7) is 8.22. The van der Waals surface area contributed by atoms with Gasteiger partial charge in [-0.05, 0) is 38.3 Å². The lowest BCUT2D eigenvalue weighted by Crippen LogP contribution is -2.32. The second kappa shape index (κ2) is 5.17. The monoisotopic (exact) mass is 236 g/mol. The van der Waals surface area contributed by atoms with Crippen molar-refractivity contribution in [3.05, 3.63) is 33.9 Å². The van der Waals surface area contributed by atoms with Crippen LogP contribution in [0.5, 0.6) is 0 Å². The number of aryl methyl sites for hydroxylation is 1. The molecule has 0 spiro atoms. The van der Waals surface area contributed by atoms with Crippen LogP contribution in [0.25, 0.3) is 0 Å². The summed E-state index contributed by atoms with van der Waals surface area (Å²) in [5, 5.41) is 14.2. The molecule has 4 heteroatoms. The van der Waals surface area contributed by atoms with Gasteiger partial charge in [-0.1, -0.05) is 13.8 Å². The Kier molecular flexibility index (Phi) is 4.10. The predicted octanol–water partition coefficient (Wildman–Crippen LogP) is 3.89. The summed E-state index contributed by atoms with van der Waals surface area (Å²) in [4.78, 5) is 10.4. The molecular formula is C13H20N2O2. The first-order valence-electron chi connectivity index (χ1n) is 5.94. The van der Waals surface area contributed by atoms with Gasteiger partial charge < -0.3 is 5.32 Å². The van der Waals surface area contributed by atoms with Gasteiger partial charge in [0.05, 0.1) is 4.92 Å². The van der Waals surface area contributed by atoms with Crippen LogP contribution in [-0.4, -0.2) is 10.5 Å². The van der Waals surface area contributed by atoms with E-state index in [2.05, 4.69) is 26.1 Å². The summed E-state index contributed by atoms with van der Waals surface area (Å²) in [5.74, 6) is 0. The van der Waals surface area contributed by atoms with Crippen LogP contribution in [0.1, 0.15) is 39.2 Å². The molecule has 0 radical (unpaired) electrons. The number of non-ortho nitro benzene ring substituents is 1. The van der Waals surface area contributed by atoms with Crippen molar-refractivity contribution in [1.82, 2.24) is 0 Å². The number of nitro benzene ring substituents is 1. The minimum absolute atomic E-state index is 0.0122. The predicted molar refractivity (Wildman–Crippen MR) is 70.4 cm³/mol. The normalized spacial score (nSPS) is 11.3. The minimum atomic E-state index is -0.354. The number of anilines is 1. The van der Waals surface area contributed by atoms with E-state index in [1.807, 2.05) is 13.0 Å². The van der Waals surface area contributed by atoms with Crippen molar-refractivity contribution in [3.8, 4) is 0 Å². The van der Waals surface area contributed by atoms with E-state index < -0.39 is 0 Å². The first-order chi connectivity index (χ1) is 7.90. The van der Waals surface area contributed by atoms with Crippen LogP contribution in [0, 0.1) is 17.0 Å². The first kappa shape index (κ1) is 13.5. The highest BCUT2D eigenvalue weighted by atomic mass is 16.6. The van der Waals surface area contributed by atoms with E-state index in [0.29, 0.717) is 0 Å². The average Bonchev–Trinajstić information content (AvgIpc) is 2.28. The lowest BCUT2D eigenvalue weighted by Gasteiger charge is -2.29. The van der Waals surface area contributed by atoms with E-state index in [0.717, 1.165) is 24.1 Å². The Labute approximate surface area is 102 Å². The van der Waals surface area contributed by atoms with Gasteiger partial charge in [-0.3, -0.25) is 10.1 Å². The van der Waals surface area contributed by atoms with Crippen LogP contribution in [0.3, 0.4) is 0 Å². The topological polar surface area (TPSA) is 55.2 Å². The standard InChI is InChI=1S/C13H20N2O2/c1-5-13(4,6-2)14-11-7-10(3)8-12(9-11)15(16)17/h7-9,14H,5-6H2,1-4H3. The van der Waals surface area contributed by atoms with Crippen molar-refractivity contribution in [1.29, 1.82) is 0 Å². The molecule has 1 rings (SSSR count). The first-order valence-corrected chi connectivity index (χ1v) is 5.94. The maximum Gasteiger partial charge on any atom is 0.271 e. The highest BCUT2D eigenvalue weighted by Gasteiger charge is 2.20. The molecule has 0 unspecified atom stereocenters. The molecule has 0 aliphatic rings. The van der Waals surface area contributed by atoms with Crippen molar-refractivity contribution in [2.24, 2.45) is 0 Å². The SMILES string of the molecule is CCC(C)(CC)Nc1cc(C)cc([N+](=O)[O-])c1. The van der Waals surface area contributed by atoms with E-state index in [1.54, 1.807) is 12.1 Å². The second-order valence-electron chi connectivity index (χ2n) is 4.71. The summed E-state index contributed by atoms with van der Waals surface area (Å²) >= 11 is 0. The van der Waals surface area contributed by atoms with E-state index in [4.69, 9.17) is 0 Å². The number of rotatable bonds is 5. The van der Waals surface area contributed by atoms with Crippen molar-refractivity contribution >= 4 is 11.4 Å². The smallest absolute Gasteiger partial charge is 0.271 e. The fourth-order valence-electron chi connectivity index (χ4n) is 1.72. The molecule has 17 heavy (non-hydrogen) atoms. The molecule has 0 heterocycles. The molecule has 1 aromatic rings. The molecule has 0 bridgehead atoms. The summed E-state index contributed by atoms with van der Waals surface area (Å²) < 4.78 is 0. The zero-order valence-electron chi connectivity index (χ0n) is 10.9. The fourth-order valence-corrected chi connectivity index (χ4v) is 1.72. The quantitative estimate of drug-likeness (QED) is 0.623. The van der Waals surface area contributed by atoms with Gasteiger partial charge in [-0.15, -0.1) is 0 Å². The lowest BCUT2D eigenvalue weighted by molar-refractivity contribution is -0.384. The number of hydrogen-bond donors (Lipinski definition) is 1. The maximum absolute atomic E-state index is 10.8. The van der Waals surface area contributed by atoms with Crippen LogP contribution in [0.4, 0.5) is 11.4 Å². The molecule has 1 N–H and O–H groups in total. The van der Waals surface area contributed by atoms with Gasteiger partial charge in [0.1, 0.15) is 0 Å². The van der Waals surface area contributed by atoms with Gasteiger partial charge in [0.25, 0.3) is 5.69 Å².